The molecule has 0 bridgehead atoms. The van der Waals surface area contributed by atoms with E-state index in [4.69, 9.17) is 0 Å². The highest BCUT2D eigenvalue weighted by atomic mass is 32.2. The molecular formula is C33H43N3O4S. The number of anilines is 1. The van der Waals surface area contributed by atoms with E-state index >= 15 is 0 Å². The number of nitrogens with one attached hydrogen (secondary N) is 1. The number of carbonyl (C=O) groups excluding carboxylic acids is 2. The van der Waals surface area contributed by atoms with Gasteiger partial charge in [0.2, 0.25) is 11.8 Å². The summed E-state index contributed by atoms with van der Waals surface area (Å²) in [5.74, 6) is -0.678. The van der Waals surface area contributed by atoms with Crippen molar-refractivity contribution >= 4 is 27.5 Å². The number of aryl methyl sites for hydroxylation is 4. The molecule has 0 heterocycles. The van der Waals surface area contributed by atoms with E-state index in [2.05, 4.69) is 5.32 Å². The molecule has 1 N–H and O–H groups in total. The summed E-state index contributed by atoms with van der Waals surface area (Å²) in [7, 11) is -4.10. The van der Waals surface area contributed by atoms with Crippen LogP contribution < -0.4 is 9.62 Å². The van der Waals surface area contributed by atoms with E-state index in [1.165, 1.54) is 9.21 Å². The fourth-order valence-corrected chi connectivity index (χ4v) is 6.24. The quantitative estimate of drug-likeness (QED) is 0.259. The third-order valence-corrected chi connectivity index (χ3v) is 8.95. The first-order valence-corrected chi connectivity index (χ1v) is 15.7. The predicted molar refractivity (Wildman–Crippen MR) is 165 cm³/mol. The highest BCUT2D eigenvalue weighted by Gasteiger charge is 2.34. The highest BCUT2D eigenvalue weighted by Crippen LogP contribution is 2.29. The van der Waals surface area contributed by atoms with Crippen molar-refractivity contribution in [1.29, 1.82) is 0 Å². The Balaban J connectivity index is 2.08. The van der Waals surface area contributed by atoms with E-state index in [-0.39, 0.29) is 17.3 Å². The van der Waals surface area contributed by atoms with Crippen molar-refractivity contribution in [2.45, 2.75) is 78.3 Å². The van der Waals surface area contributed by atoms with Crippen LogP contribution in [0.15, 0.2) is 71.6 Å². The Morgan fingerprint density at radius 1 is 0.854 bits per heavy atom. The van der Waals surface area contributed by atoms with Gasteiger partial charge in [-0.05, 0) is 75.4 Å². The number of unbranched alkanes of at least 4 members (excludes halogenated alkanes) is 1. The number of nitrogens with zero attached hydrogens (tertiary/aromatic N) is 2. The number of rotatable bonds is 13. The van der Waals surface area contributed by atoms with Gasteiger partial charge in [0.25, 0.3) is 10.0 Å². The summed E-state index contributed by atoms with van der Waals surface area (Å²) in [5, 5.41) is 2.97. The zero-order valence-electron chi connectivity index (χ0n) is 25.1. The van der Waals surface area contributed by atoms with Crippen LogP contribution in [0.5, 0.6) is 0 Å². The minimum Gasteiger partial charge on any atom is -0.354 e. The average Bonchev–Trinajstić information content (AvgIpc) is 2.93. The van der Waals surface area contributed by atoms with Crippen LogP contribution in [0, 0.1) is 27.7 Å². The van der Waals surface area contributed by atoms with E-state index in [0.29, 0.717) is 18.7 Å². The van der Waals surface area contributed by atoms with Gasteiger partial charge in [0.05, 0.1) is 10.6 Å². The Kier molecular flexibility index (Phi) is 11.1. The maximum absolute atomic E-state index is 14.2. The zero-order chi connectivity index (χ0) is 30.2. The molecule has 0 saturated carbocycles. The topological polar surface area (TPSA) is 86.8 Å². The largest absolute Gasteiger partial charge is 0.354 e. The maximum Gasteiger partial charge on any atom is 0.264 e. The Labute approximate surface area is 245 Å². The van der Waals surface area contributed by atoms with Crippen LogP contribution in [0.1, 0.15) is 60.9 Å². The van der Waals surface area contributed by atoms with Crippen molar-refractivity contribution in [3.63, 3.8) is 0 Å². The molecule has 0 aliphatic carbocycles. The second-order valence-electron chi connectivity index (χ2n) is 10.7. The first kappa shape index (κ1) is 31.9. The number of amides is 2. The van der Waals surface area contributed by atoms with Crippen LogP contribution >= 0.6 is 0 Å². The molecule has 2 amide bonds. The summed E-state index contributed by atoms with van der Waals surface area (Å²) < 4.78 is 29.4. The molecule has 3 rings (SSSR count). The summed E-state index contributed by atoms with van der Waals surface area (Å²) in [5.41, 5.74) is 4.89. The molecule has 0 saturated heterocycles. The van der Waals surface area contributed by atoms with Gasteiger partial charge >= 0.3 is 0 Å². The second-order valence-corrected chi connectivity index (χ2v) is 12.6. The standard InChI is InChI=1S/C33H43N3O4S/c1-7-9-19-34-33(38)30(8-2)35(22-28-12-10-11-25(4)20-28)32(37)23-36(31-21-26(5)13-16-27(31)6)41(39,40)29-17-14-24(3)15-18-29/h10-18,20-21,30H,7-9,19,22-23H2,1-6H3,(H,34,38)/t30-/m1/s1. The number of hydrogen-bond acceptors (Lipinski definition) is 4. The lowest BCUT2D eigenvalue weighted by atomic mass is 10.1. The van der Waals surface area contributed by atoms with Crippen molar-refractivity contribution in [2.24, 2.45) is 0 Å². The smallest absolute Gasteiger partial charge is 0.264 e. The van der Waals surface area contributed by atoms with Gasteiger partial charge in [0.1, 0.15) is 12.6 Å². The van der Waals surface area contributed by atoms with Crippen LogP contribution in [0.2, 0.25) is 0 Å². The van der Waals surface area contributed by atoms with Gasteiger partial charge in [-0.1, -0.05) is 79.9 Å². The molecule has 3 aromatic carbocycles. The molecule has 220 valence electrons. The number of sulfonamides is 1. The number of carbonyl (C=O) groups is 2. The van der Waals surface area contributed by atoms with Crippen molar-refractivity contribution in [2.75, 3.05) is 17.4 Å². The van der Waals surface area contributed by atoms with E-state index < -0.39 is 28.5 Å². The van der Waals surface area contributed by atoms with Crippen LogP contribution in [-0.4, -0.2) is 44.3 Å². The summed E-state index contributed by atoms with van der Waals surface area (Å²) >= 11 is 0. The minimum atomic E-state index is -4.10. The van der Waals surface area contributed by atoms with Gasteiger partial charge in [-0.3, -0.25) is 13.9 Å². The van der Waals surface area contributed by atoms with Crippen molar-refractivity contribution in [3.8, 4) is 0 Å². The summed E-state index contributed by atoms with van der Waals surface area (Å²) in [4.78, 5) is 29.2. The molecule has 0 aliphatic heterocycles. The molecule has 7 nitrogen and oxygen atoms in total. The minimum absolute atomic E-state index is 0.103. The SMILES string of the molecule is CCCCNC(=O)[C@@H](CC)N(Cc1cccc(C)c1)C(=O)CN(c1cc(C)ccc1C)S(=O)(=O)c1ccc(C)cc1. The zero-order valence-corrected chi connectivity index (χ0v) is 25.9. The number of benzene rings is 3. The van der Waals surface area contributed by atoms with Gasteiger partial charge in [0.15, 0.2) is 0 Å². The molecule has 3 aromatic rings. The Morgan fingerprint density at radius 2 is 1.51 bits per heavy atom. The third kappa shape index (κ3) is 8.19. The lowest BCUT2D eigenvalue weighted by molar-refractivity contribution is -0.140. The second kappa shape index (κ2) is 14.3. The van der Waals surface area contributed by atoms with Gasteiger partial charge in [-0.2, -0.15) is 0 Å². The fourth-order valence-electron chi connectivity index (χ4n) is 4.77. The van der Waals surface area contributed by atoms with Crippen molar-refractivity contribution < 1.29 is 18.0 Å². The summed E-state index contributed by atoms with van der Waals surface area (Å²) in [6.07, 6.45) is 2.16. The van der Waals surface area contributed by atoms with Crippen LogP contribution in [0.4, 0.5) is 5.69 Å². The Morgan fingerprint density at radius 3 is 2.15 bits per heavy atom. The Hall–Kier alpha value is -3.65. The van der Waals surface area contributed by atoms with Crippen LogP contribution in [0.3, 0.4) is 0 Å². The molecule has 41 heavy (non-hydrogen) atoms. The van der Waals surface area contributed by atoms with Gasteiger partial charge < -0.3 is 10.2 Å². The van der Waals surface area contributed by atoms with Crippen molar-refractivity contribution in [1.82, 2.24) is 10.2 Å². The lowest BCUT2D eigenvalue weighted by Gasteiger charge is -2.33. The van der Waals surface area contributed by atoms with E-state index in [1.54, 1.807) is 30.3 Å². The molecule has 0 fully saturated rings. The first-order valence-electron chi connectivity index (χ1n) is 14.3. The monoisotopic (exact) mass is 577 g/mol. The van der Waals surface area contributed by atoms with E-state index in [0.717, 1.165) is 40.7 Å². The first-order chi connectivity index (χ1) is 19.5. The average molecular weight is 578 g/mol. The molecule has 0 unspecified atom stereocenters. The molecule has 0 aliphatic rings. The van der Waals surface area contributed by atoms with Gasteiger partial charge in [0, 0.05) is 13.1 Å². The van der Waals surface area contributed by atoms with Gasteiger partial charge in [-0.15, -0.1) is 0 Å². The van der Waals surface area contributed by atoms with E-state index in [1.807, 2.05) is 77.9 Å². The predicted octanol–water partition coefficient (Wildman–Crippen LogP) is 5.84. The van der Waals surface area contributed by atoms with Crippen LogP contribution in [0.25, 0.3) is 0 Å². The van der Waals surface area contributed by atoms with E-state index in [9.17, 15) is 18.0 Å². The van der Waals surface area contributed by atoms with Crippen LogP contribution in [-0.2, 0) is 26.2 Å². The summed E-state index contributed by atoms with van der Waals surface area (Å²) in [6.45, 7) is 11.8. The Bertz CT molecular complexity index is 1450. The van der Waals surface area contributed by atoms with Gasteiger partial charge in [-0.25, -0.2) is 8.42 Å². The normalized spacial score (nSPS) is 12.0. The number of hydrogen-bond donors (Lipinski definition) is 1. The molecule has 0 aromatic heterocycles. The van der Waals surface area contributed by atoms with Crippen molar-refractivity contribution in [3.05, 3.63) is 94.5 Å². The molecule has 1 atom stereocenters. The molecule has 8 heteroatoms. The fraction of sp³-hybridized carbons (Fsp3) is 0.394. The molecule has 0 spiro atoms. The summed E-state index contributed by atoms with van der Waals surface area (Å²) in [6, 6.07) is 19.2. The lowest BCUT2D eigenvalue weighted by Crippen LogP contribution is -2.52. The third-order valence-electron chi connectivity index (χ3n) is 7.17. The molecular weight excluding hydrogens is 534 g/mol. The maximum atomic E-state index is 14.2. The molecule has 0 radical (unpaired) electrons. The highest BCUT2D eigenvalue weighted by molar-refractivity contribution is 7.92.